The Balaban J connectivity index is 2.17. The second-order valence-electron chi connectivity index (χ2n) is 5.94. The van der Waals surface area contributed by atoms with E-state index >= 15 is 0 Å². The maximum Gasteiger partial charge on any atom is 0.196 e. The number of hydrogen-bond acceptors (Lipinski definition) is 4. The van der Waals surface area contributed by atoms with E-state index < -0.39 is 0 Å². The van der Waals surface area contributed by atoms with Gasteiger partial charge in [0.1, 0.15) is 0 Å². The predicted molar refractivity (Wildman–Crippen MR) is 92.3 cm³/mol. The van der Waals surface area contributed by atoms with Crippen LogP contribution in [0, 0.1) is 5.53 Å². The summed E-state index contributed by atoms with van der Waals surface area (Å²) in [4.78, 5) is 12.6. The predicted octanol–water partition coefficient (Wildman–Crippen LogP) is 6.04. The zero-order valence-electron chi connectivity index (χ0n) is 13.9. The second-order valence-corrected chi connectivity index (χ2v) is 6.84. The van der Waals surface area contributed by atoms with Crippen molar-refractivity contribution in [2.45, 2.75) is 26.2 Å². The van der Waals surface area contributed by atoms with Crippen molar-refractivity contribution in [2.75, 3.05) is 0 Å². The Kier molecular flexibility index (Phi) is 6.01. The largest absolute Gasteiger partial charge is 0.288 e. The Morgan fingerprint density at radius 2 is 1.60 bits per heavy atom. The molecule has 1 aromatic heterocycles. The third-order valence-corrected chi connectivity index (χ3v) is 4.04. The first-order valence-corrected chi connectivity index (χ1v) is 8.11. The number of benzene rings is 1. The molecule has 1 heterocycles. The Labute approximate surface area is 148 Å². The molecule has 2 rings (SSSR count). The molecule has 0 unspecified atom stereocenters. The Morgan fingerprint density at radius 3 is 2.24 bits per heavy atom. The summed E-state index contributed by atoms with van der Waals surface area (Å²) < 4.78 is 0. The van der Waals surface area contributed by atoms with Crippen molar-refractivity contribution in [3.63, 3.8) is 0 Å². The Bertz CT molecular complexity index is 830. The maximum absolute atomic E-state index is 12.6. The molecule has 2 aromatic rings. The highest BCUT2D eigenvalue weighted by Gasteiger charge is 2.17. The summed E-state index contributed by atoms with van der Waals surface area (Å²) in [6, 6.07) is 9.22. The first kappa shape index (κ1) is 18.3. The fourth-order valence-electron chi connectivity index (χ4n) is 1.96. The van der Waals surface area contributed by atoms with Crippen LogP contribution < -0.4 is 0 Å². The van der Waals surface area contributed by atoms with Gasteiger partial charge >= 0.3 is 0 Å². The lowest BCUT2D eigenvalue weighted by Gasteiger charge is -2.18. The molecule has 0 fully saturated rings. The number of nitrogens with one attached hydrogen (secondary N) is 1. The molecular weight excluding hydrogens is 340 g/mol. The minimum absolute atomic E-state index is 0.0267. The normalized spacial score (nSPS) is 12.4. The summed E-state index contributed by atoms with van der Waals surface area (Å²) in [7, 11) is 0. The molecule has 0 bridgehead atoms. The van der Waals surface area contributed by atoms with Crippen molar-refractivity contribution < 1.29 is 4.79 Å². The molecule has 0 radical (unpaired) electrons. The smallest absolute Gasteiger partial charge is 0.196 e. The SMILES string of the molecule is CC(C)(C)c1ccc(C(=O)c2ccsc2N=NN=NN=NN=N)cc1. The number of rotatable bonds is 6. The van der Waals surface area contributed by atoms with Crippen LogP contribution in [-0.4, -0.2) is 5.78 Å². The average molecular weight is 356 g/mol. The molecule has 0 saturated heterocycles. The topological polar surface area (TPSA) is 127 Å². The van der Waals surface area contributed by atoms with E-state index in [9.17, 15) is 4.79 Å². The zero-order chi connectivity index (χ0) is 18.3. The van der Waals surface area contributed by atoms with E-state index in [1.807, 2.05) is 24.3 Å². The lowest BCUT2D eigenvalue weighted by atomic mass is 9.86. The van der Waals surface area contributed by atoms with Crippen LogP contribution in [0.1, 0.15) is 42.3 Å². The molecule has 0 aliphatic rings. The third kappa shape index (κ3) is 4.98. The highest BCUT2D eigenvalue weighted by molar-refractivity contribution is 7.14. The summed E-state index contributed by atoms with van der Waals surface area (Å²) in [6.07, 6.45) is 0. The van der Waals surface area contributed by atoms with Gasteiger partial charge in [0.15, 0.2) is 10.8 Å². The lowest BCUT2D eigenvalue weighted by molar-refractivity contribution is 0.103. The Hall–Kier alpha value is -3.01. The van der Waals surface area contributed by atoms with E-state index in [4.69, 9.17) is 5.53 Å². The molecule has 9 nitrogen and oxygen atoms in total. The molecule has 0 atom stereocenters. The van der Waals surface area contributed by atoms with E-state index in [1.54, 1.807) is 11.4 Å². The highest BCUT2D eigenvalue weighted by Crippen LogP contribution is 2.30. The van der Waals surface area contributed by atoms with Crippen LogP contribution in [0.25, 0.3) is 0 Å². The third-order valence-electron chi connectivity index (χ3n) is 3.24. The van der Waals surface area contributed by atoms with Gasteiger partial charge in [-0.25, -0.2) is 0 Å². The van der Waals surface area contributed by atoms with Gasteiger partial charge in [-0.05, 0) is 53.8 Å². The minimum atomic E-state index is -0.139. The standard InChI is InChI=1S/C15H16N8OS/c1-15(2,3)11-6-4-10(5-7-11)13(24)12-8-9-25-14(12)17-19-21-23-22-20-18-16/h4-9,16H,1-3H3. The molecule has 128 valence electrons. The van der Waals surface area contributed by atoms with Crippen molar-refractivity contribution in [1.29, 1.82) is 5.53 Å². The number of nitrogens with zero attached hydrogens (tertiary/aromatic N) is 7. The van der Waals surface area contributed by atoms with Crippen LogP contribution in [0.3, 0.4) is 0 Å². The van der Waals surface area contributed by atoms with Crippen molar-refractivity contribution in [1.82, 2.24) is 0 Å². The highest BCUT2D eigenvalue weighted by atomic mass is 32.1. The van der Waals surface area contributed by atoms with Crippen molar-refractivity contribution >= 4 is 22.1 Å². The van der Waals surface area contributed by atoms with E-state index in [0.29, 0.717) is 16.1 Å². The number of hydrogen-bond donors (Lipinski definition) is 1. The van der Waals surface area contributed by atoms with Crippen molar-refractivity contribution in [3.8, 4) is 0 Å². The second kappa shape index (κ2) is 8.20. The van der Waals surface area contributed by atoms with E-state index in [-0.39, 0.29) is 11.2 Å². The van der Waals surface area contributed by atoms with Gasteiger partial charge in [0, 0.05) is 5.56 Å². The number of ketones is 1. The van der Waals surface area contributed by atoms with E-state index in [2.05, 4.69) is 57.2 Å². The summed E-state index contributed by atoms with van der Waals surface area (Å²) in [5.41, 5.74) is 8.58. The molecule has 25 heavy (non-hydrogen) atoms. The maximum atomic E-state index is 12.6. The quantitative estimate of drug-likeness (QED) is 0.378. The zero-order valence-corrected chi connectivity index (χ0v) is 14.7. The van der Waals surface area contributed by atoms with Crippen LogP contribution in [0.5, 0.6) is 0 Å². The van der Waals surface area contributed by atoms with Gasteiger partial charge in [-0.1, -0.05) is 45.0 Å². The van der Waals surface area contributed by atoms with E-state index in [1.165, 1.54) is 11.3 Å². The molecule has 10 heteroatoms. The number of carbonyl (C=O) groups excluding carboxylic acids is 1. The molecular formula is C15H16N8OS. The van der Waals surface area contributed by atoms with Crippen LogP contribution in [0.4, 0.5) is 5.00 Å². The van der Waals surface area contributed by atoms with Crippen LogP contribution in [0.15, 0.2) is 72.2 Å². The summed E-state index contributed by atoms with van der Waals surface area (Å²) in [5, 5.41) is 24.5. The molecule has 0 aliphatic heterocycles. The molecule has 0 saturated carbocycles. The van der Waals surface area contributed by atoms with Gasteiger partial charge in [0.25, 0.3) is 0 Å². The van der Waals surface area contributed by atoms with E-state index in [0.717, 1.165) is 5.56 Å². The number of thiophene rings is 1. The van der Waals surface area contributed by atoms with Crippen LogP contribution >= 0.6 is 11.3 Å². The fraction of sp³-hybridized carbons (Fsp3) is 0.267. The van der Waals surface area contributed by atoms with Gasteiger partial charge in [0.2, 0.25) is 0 Å². The van der Waals surface area contributed by atoms with Crippen molar-refractivity contribution in [3.05, 3.63) is 52.4 Å². The lowest BCUT2D eigenvalue weighted by Crippen LogP contribution is -2.11. The van der Waals surface area contributed by atoms with Gasteiger partial charge < -0.3 is 0 Å². The summed E-state index contributed by atoms with van der Waals surface area (Å²) in [5.74, 6) is -0.139. The van der Waals surface area contributed by atoms with Crippen LogP contribution in [0.2, 0.25) is 0 Å². The minimum Gasteiger partial charge on any atom is -0.288 e. The van der Waals surface area contributed by atoms with Crippen molar-refractivity contribution in [2.24, 2.45) is 36.5 Å². The van der Waals surface area contributed by atoms with Gasteiger partial charge in [-0.2, -0.15) is 5.53 Å². The molecule has 0 amide bonds. The number of carbonyl (C=O) groups is 1. The summed E-state index contributed by atoms with van der Waals surface area (Å²) >= 11 is 1.26. The fourth-order valence-corrected chi connectivity index (χ4v) is 2.67. The summed E-state index contributed by atoms with van der Waals surface area (Å²) in [6.45, 7) is 6.36. The molecule has 0 spiro atoms. The molecule has 1 N–H and O–H groups in total. The first-order valence-electron chi connectivity index (χ1n) is 7.23. The van der Waals surface area contributed by atoms with Gasteiger partial charge in [-0.3, -0.25) is 4.79 Å². The Morgan fingerprint density at radius 1 is 0.960 bits per heavy atom. The first-order chi connectivity index (χ1) is 11.9. The van der Waals surface area contributed by atoms with Gasteiger partial charge in [0.05, 0.1) is 5.56 Å². The van der Waals surface area contributed by atoms with Gasteiger partial charge in [-0.15, -0.1) is 16.5 Å². The molecule has 0 aliphatic carbocycles. The monoisotopic (exact) mass is 356 g/mol. The van der Waals surface area contributed by atoms with Crippen LogP contribution in [-0.2, 0) is 5.41 Å². The average Bonchev–Trinajstić information content (AvgIpc) is 3.05. The molecule has 1 aromatic carbocycles.